The van der Waals surface area contributed by atoms with Crippen LogP contribution in [0.1, 0.15) is 39.0 Å². The summed E-state index contributed by atoms with van der Waals surface area (Å²) in [4.78, 5) is 0. The third-order valence-electron chi connectivity index (χ3n) is 3.89. The monoisotopic (exact) mass is 282 g/mol. The van der Waals surface area contributed by atoms with Gasteiger partial charge in [-0.2, -0.15) is 5.10 Å². The highest BCUT2D eigenvalue weighted by atomic mass is 35.5. The van der Waals surface area contributed by atoms with E-state index in [0.717, 1.165) is 11.3 Å². The van der Waals surface area contributed by atoms with Crippen LogP contribution >= 0.6 is 11.6 Å². The number of nitrogens with zero attached hydrogens (tertiary/aromatic N) is 2. The summed E-state index contributed by atoms with van der Waals surface area (Å²) in [5.41, 5.74) is 1.14. The van der Waals surface area contributed by atoms with E-state index in [1.165, 1.54) is 0 Å². The molecule has 0 saturated carbocycles. The van der Waals surface area contributed by atoms with Gasteiger partial charge in [0, 0.05) is 12.6 Å². The molecule has 6 heteroatoms. The van der Waals surface area contributed by atoms with E-state index in [-0.39, 0.29) is 18.3 Å². The van der Waals surface area contributed by atoms with Crippen molar-refractivity contribution in [2.45, 2.75) is 45.8 Å². The van der Waals surface area contributed by atoms with Gasteiger partial charge < -0.3 is 9.31 Å². The zero-order valence-electron chi connectivity index (χ0n) is 12.3. The van der Waals surface area contributed by atoms with Crippen LogP contribution in [0.2, 0.25) is 5.15 Å². The van der Waals surface area contributed by atoms with E-state index >= 15 is 0 Å². The minimum Gasteiger partial charge on any atom is -0.400 e. The van der Waals surface area contributed by atoms with E-state index in [1.54, 1.807) is 4.68 Å². The van der Waals surface area contributed by atoms with E-state index in [4.69, 9.17) is 20.9 Å². The molecule has 1 fully saturated rings. The Morgan fingerprint density at radius 1 is 1.21 bits per heavy atom. The Bertz CT molecular complexity index is 507. The van der Waals surface area contributed by atoms with Crippen LogP contribution in [0.5, 0.6) is 0 Å². The molecule has 0 atom stereocenters. The molecule has 0 spiro atoms. The predicted octanol–water partition coefficient (Wildman–Crippen LogP) is 3.03. The molecule has 104 valence electrons. The molecule has 1 saturated heterocycles. The van der Waals surface area contributed by atoms with Crippen LogP contribution in [0.15, 0.2) is 5.98 Å². The smallest absolute Gasteiger partial charge is 0.400 e. The molecule has 0 amide bonds. The fraction of sp³-hybridized carbons (Fsp3) is 0.615. The fourth-order valence-electron chi connectivity index (χ4n) is 1.98. The van der Waals surface area contributed by atoms with Crippen molar-refractivity contribution >= 4 is 24.8 Å². The van der Waals surface area contributed by atoms with Crippen molar-refractivity contribution in [1.29, 1.82) is 0 Å². The summed E-state index contributed by atoms with van der Waals surface area (Å²) in [6.45, 7) is 10.0. The van der Waals surface area contributed by atoms with Crippen LogP contribution in [0.3, 0.4) is 0 Å². The standard InChI is InChI=1S/C13H20BClN2O2/c1-9-10(11(15)17(6)16-9)7-8-14-18-12(2,3)13(4,5)19-14/h7-8H,1-6H3/b8-7+. The van der Waals surface area contributed by atoms with Gasteiger partial charge in [0.1, 0.15) is 5.15 Å². The SMILES string of the molecule is Cc1nn(C)c(Cl)c1/C=C/B1OC(C)(C)C(C)(C)O1. The van der Waals surface area contributed by atoms with Crippen molar-refractivity contribution < 1.29 is 9.31 Å². The van der Waals surface area contributed by atoms with Crippen molar-refractivity contribution in [3.8, 4) is 0 Å². The fourth-order valence-corrected chi connectivity index (χ4v) is 2.22. The summed E-state index contributed by atoms with van der Waals surface area (Å²) in [7, 11) is 1.46. The normalized spacial score (nSPS) is 21.5. The Balaban J connectivity index is 2.17. The third kappa shape index (κ3) is 2.60. The van der Waals surface area contributed by atoms with Crippen LogP contribution in [0.4, 0.5) is 0 Å². The predicted molar refractivity (Wildman–Crippen MR) is 78.1 cm³/mol. The third-order valence-corrected chi connectivity index (χ3v) is 4.34. The van der Waals surface area contributed by atoms with Crippen molar-refractivity contribution in [3.63, 3.8) is 0 Å². The van der Waals surface area contributed by atoms with Crippen LogP contribution < -0.4 is 0 Å². The van der Waals surface area contributed by atoms with Crippen LogP contribution in [-0.4, -0.2) is 28.1 Å². The lowest BCUT2D eigenvalue weighted by Gasteiger charge is -2.32. The van der Waals surface area contributed by atoms with Crippen molar-refractivity contribution in [2.75, 3.05) is 0 Å². The number of halogens is 1. The van der Waals surface area contributed by atoms with Gasteiger partial charge in [-0.15, -0.1) is 0 Å². The molecule has 0 bridgehead atoms. The van der Waals surface area contributed by atoms with Gasteiger partial charge in [-0.05, 0) is 34.6 Å². The second-order valence-corrected chi connectivity index (χ2v) is 6.26. The Morgan fingerprint density at radius 2 is 1.74 bits per heavy atom. The molecule has 0 unspecified atom stereocenters. The van der Waals surface area contributed by atoms with E-state index in [9.17, 15) is 0 Å². The molecule has 0 radical (unpaired) electrons. The van der Waals surface area contributed by atoms with Crippen LogP contribution in [-0.2, 0) is 16.4 Å². The summed E-state index contributed by atoms with van der Waals surface area (Å²) >= 11 is 6.18. The lowest BCUT2D eigenvalue weighted by atomic mass is 9.89. The summed E-state index contributed by atoms with van der Waals surface area (Å²) in [5.74, 6) is 1.88. The average molecular weight is 283 g/mol. The van der Waals surface area contributed by atoms with Gasteiger partial charge in [0.15, 0.2) is 0 Å². The summed E-state index contributed by atoms with van der Waals surface area (Å²) in [6.07, 6.45) is 1.91. The molecule has 4 nitrogen and oxygen atoms in total. The van der Waals surface area contributed by atoms with E-state index < -0.39 is 0 Å². The average Bonchev–Trinajstić information content (AvgIpc) is 2.60. The van der Waals surface area contributed by atoms with E-state index in [0.29, 0.717) is 5.15 Å². The largest absolute Gasteiger partial charge is 0.487 e. The van der Waals surface area contributed by atoms with E-state index in [1.807, 2.05) is 53.7 Å². The second kappa shape index (κ2) is 4.65. The molecule has 1 aromatic rings. The Kier molecular flexibility index (Phi) is 3.58. The Morgan fingerprint density at radius 3 is 2.16 bits per heavy atom. The molecule has 0 aromatic carbocycles. The molecule has 2 heterocycles. The maximum Gasteiger partial charge on any atom is 0.487 e. The topological polar surface area (TPSA) is 36.3 Å². The molecule has 1 aliphatic heterocycles. The molecule has 0 N–H and O–H groups in total. The highest BCUT2D eigenvalue weighted by Gasteiger charge is 2.50. The molecule has 0 aliphatic carbocycles. The lowest BCUT2D eigenvalue weighted by Crippen LogP contribution is -2.41. The minimum atomic E-state index is -0.360. The van der Waals surface area contributed by atoms with Gasteiger partial charge >= 0.3 is 7.12 Å². The van der Waals surface area contributed by atoms with E-state index in [2.05, 4.69) is 5.10 Å². The quantitative estimate of drug-likeness (QED) is 0.782. The molecular formula is C13H20BClN2O2. The van der Waals surface area contributed by atoms with Gasteiger partial charge in [0.2, 0.25) is 0 Å². The molecule has 19 heavy (non-hydrogen) atoms. The number of hydrogen-bond donors (Lipinski definition) is 0. The maximum atomic E-state index is 6.18. The lowest BCUT2D eigenvalue weighted by molar-refractivity contribution is 0.00578. The molecule has 1 aliphatic rings. The molecule has 1 aromatic heterocycles. The van der Waals surface area contributed by atoms with Gasteiger partial charge in [-0.3, -0.25) is 4.68 Å². The number of rotatable bonds is 2. The summed E-state index contributed by atoms with van der Waals surface area (Å²) < 4.78 is 13.4. The number of aryl methyl sites for hydroxylation is 2. The number of aromatic nitrogens is 2. The maximum absolute atomic E-state index is 6.18. The van der Waals surface area contributed by atoms with Crippen molar-refractivity contribution in [2.24, 2.45) is 7.05 Å². The van der Waals surface area contributed by atoms with Gasteiger partial charge in [-0.25, -0.2) is 0 Å². The van der Waals surface area contributed by atoms with Gasteiger partial charge in [0.25, 0.3) is 0 Å². The Labute approximate surface area is 119 Å². The van der Waals surface area contributed by atoms with Crippen molar-refractivity contribution in [1.82, 2.24) is 9.78 Å². The highest BCUT2D eigenvalue weighted by Crippen LogP contribution is 2.37. The zero-order chi connectivity index (χ0) is 14.4. The summed E-state index contributed by atoms with van der Waals surface area (Å²) in [5, 5.41) is 4.88. The summed E-state index contributed by atoms with van der Waals surface area (Å²) in [6, 6.07) is 0. The molecular weight excluding hydrogens is 262 g/mol. The highest BCUT2D eigenvalue weighted by molar-refractivity contribution is 6.52. The van der Waals surface area contributed by atoms with Crippen LogP contribution in [0.25, 0.3) is 6.08 Å². The molecule has 2 rings (SSSR count). The second-order valence-electron chi connectivity index (χ2n) is 5.90. The first-order valence-corrected chi connectivity index (χ1v) is 6.75. The first-order valence-electron chi connectivity index (χ1n) is 6.37. The van der Waals surface area contributed by atoms with Crippen molar-refractivity contribution in [3.05, 3.63) is 22.4 Å². The first-order chi connectivity index (χ1) is 8.64. The first kappa shape index (κ1) is 14.6. The van der Waals surface area contributed by atoms with Gasteiger partial charge in [0.05, 0.1) is 16.9 Å². The minimum absolute atomic E-state index is 0.324. The van der Waals surface area contributed by atoms with Crippen LogP contribution in [0, 0.1) is 6.92 Å². The Hall–Kier alpha value is -0.775. The number of hydrogen-bond acceptors (Lipinski definition) is 3. The van der Waals surface area contributed by atoms with Gasteiger partial charge in [-0.1, -0.05) is 23.7 Å². The zero-order valence-corrected chi connectivity index (χ0v) is 13.1.